The number of rotatable bonds is 3. The summed E-state index contributed by atoms with van der Waals surface area (Å²) in [6, 6.07) is 0.101. The third-order valence-corrected chi connectivity index (χ3v) is 4.77. The van der Waals surface area contributed by atoms with Crippen LogP contribution in [0.3, 0.4) is 0 Å². The van der Waals surface area contributed by atoms with Crippen LogP contribution in [0.1, 0.15) is 25.7 Å². The summed E-state index contributed by atoms with van der Waals surface area (Å²) in [7, 11) is 0. The number of ether oxygens (including phenoxy) is 1. The lowest BCUT2D eigenvalue weighted by atomic mass is 10.1. The van der Waals surface area contributed by atoms with E-state index in [1.165, 1.54) is 12.8 Å². The molecule has 5 nitrogen and oxygen atoms in total. The maximum atomic E-state index is 12.1. The highest BCUT2D eigenvalue weighted by atomic mass is 16.5. The van der Waals surface area contributed by atoms with Gasteiger partial charge in [-0.2, -0.15) is 0 Å². The van der Waals surface area contributed by atoms with E-state index in [1.807, 2.05) is 9.80 Å². The normalized spacial score (nSPS) is 34.6. The number of hydrogen-bond donors (Lipinski definition) is 0. The second kappa shape index (κ2) is 4.20. The SMILES string of the molecule is O=C(C1CC1)N1CC2OCC(=O)N(CC3CC3)C2C1. The Balaban J connectivity index is 1.47. The first-order valence-corrected chi connectivity index (χ1v) is 7.42. The van der Waals surface area contributed by atoms with Crippen LogP contribution in [0.2, 0.25) is 0 Å². The maximum Gasteiger partial charge on any atom is 0.248 e. The number of amides is 2. The van der Waals surface area contributed by atoms with Crippen LogP contribution in [0.4, 0.5) is 0 Å². The van der Waals surface area contributed by atoms with Crippen molar-refractivity contribution in [3.05, 3.63) is 0 Å². The molecule has 2 amide bonds. The first-order chi connectivity index (χ1) is 9.22. The minimum Gasteiger partial charge on any atom is -0.364 e. The third-order valence-electron chi connectivity index (χ3n) is 4.77. The lowest BCUT2D eigenvalue weighted by Gasteiger charge is -2.36. The van der Waals surface area contributed by atoms with Crippen molar-refractivity contribution in [2.45, 2.75) is 37.8 Å². The van der Waals surface area contributed by atoms with Crippen LogP contribution in [0, 0.1) is 11.8 Å². The Labute approximate surface area is 112 Å². The Morgan fingerprint density at radius 3 is 2.68 bits per heavy atom. The molecule has 2 aliphatic carbocycles. The Bertz CT molecular complexity index is 417. The monoisotopic (exact) mass is 264 g/mol. The first-order valence-electron chi connectivity index (χ1n) is 7.42. The summed E-state index contributed by atoms with van der Waals surface area (Å²) in [5, 5.41) is 0. The molecule has 2 saturated heterocycles. The van der Waals surface area contributed by atoms with Crippen molar-refractivity contribution in [1.82, 2.24) is 9.80 Å². The van der Waals surface area contributed by atoms with Crippen molar-refractivity contribution in [2.75, 3.05) is 26.2 Å². The van der Waals surface area contributed by atoms with Crippen LogP contribution >= 0.6 is 0 Å². The minimum absolute atomic E-state index is 0.0409. The van der Waals surface area contributed by atoms with E-state index in [-0.39, 0.29) is 36.5 Å². The summed E-state index contributed by atoms with van der Waals surface area (Å²) in [6.07, 6.45) is 4.60. The topological polar surface area (TPSA) is 49.9 Å². The molecule has 19 heavy (non-hydrogen) atoms. The van der Waals surface area contributed by atoms with Crippen LogP contribution < -0.4 is 0 Å². The summed E-state index contributed by atoms with van der Waals surface area (Å²) in [4.78, 5) is 28.1. The number of nitrogens with zero attached hydrogens (tertiary/aromatic N) is 2. The standard InChI is InChI=1S/C14H20N2O3/c17-13-8-19-12-7-15(14(18)10-3-4-10)6-11(12)16(13)5-9-1-2-9/h9-12H,1-8H2. The number of carbonyl (C=O) groups is 2. The molecule has 2 heterocycles. The molecule has 0 bridgehead atoms. The van der Waals surface area contributed by atoms with Crippen molar-refractivity contribution < 1.29 is 14.3 Å². The Kier molecular flexibility index (Phi) is 2.59. The van der Waals surface area contributed by atoms with Crippen LogP contribution in [-0.2, 0) is 14.3 Å². The Hall–Kier alpha value is -1.10. The number of morpholine rings is 1. The third kappa shape index (κ3) is 2.14. The fourth-order valence-electron chi connectivity index (χ4n) is 3.25. The molecule has 2 saturated carbocycles. The van der Waals surface area contributed by atoms with Crippen LogP contribution in [-0.4, -0.2) is 60.0 Å². The average molecular weight is 264 g/mol. The molecule has 4 aliphatic rings. The molecular formula is C14H20N2O3. The van der Waals surface area contributed by atoms with Gasteiger partial charge >= 0.3 is 0 Å². The molecule has 0 aromatic heterocycles. The van der Waals surface area contributed by atoms with E-state index in [0.29, 0.717) is 19.0 Å². The molecule has 0 aromatic carbocycles. The summed E-state index contributed by atoms with van der Waals surface area (Å²) < 4.78 is 5.64. The molecule has 2 atom stereocenters. The predicted molar refractivity (Wildman–Crippen MR) is 67.3 cm³/mol. The largest absolute Gasteiger partial charge is 0.364 e. The van der Waals surface area contributed by atoms with Gasteiger partial charge in [-0.25, -0.2) is 0 Å². The van der Waals surface area contributed by atoms with E-state index in [4.69, 9.17) is 4.74 Å². The predicted octanol–water partition coefficient (Wildman–Crippen LogP) is 0.245. The van der Waals surface area contributed by atoms with Crippen molar-refractivity contribution in [3.63, 3.8) is 0 Å². The lowest BCUT2D eigenvalue weighted by Crippen LogP contribution is -2.54. The van der Waals surface area contributed by atoms with Gasteiger partial charge in [0.2, 0.25) is 11.8 Å². The quantitative estimate of drug-likeness (QED) is 0.734. The Morgan fingerprint density at radius 2 is 2.00 bits per heavy atom. The maximum absolute atomic E-state index is 12.1. The molecule has 4 rings (SSSR count). The second-order valence-corrected chi connectivity index (χ2v) is 6.42. The number of fused-ring (bicyclic) bond motifs is 1. The summed E-state index contributed by atoms with van der Waals surface area (Å²) >= 11 is 0. The van der Waals surface area contributed by atoms with E-state index >= 15 is 0 Å². The summed E-state index contributed by atoms with van der Waals surface area (Å²) in [5.74, 6) is 1.33. The lowest BCUT2D eigenvalue weighted by molar-refractivity contribution is -0.153. The molecule has 2 aliphatic heterocycles. The van der Waals surface area contributed by atoms with Gasteiger partial charge < -0.3 is 14.5 Å². The van der Waals surface area contributed by atoms with Gasteiger partial charge in [0.15, 0.2) is 0 Å². The smallest absolute Gasteiger partial charge is 0.248 e. The van der Waals surface area contributed by atoms with Crippen molar-refractivity contribution >= 4 is 11.8 Å². The van der Waals surface area contributed by atoms with Gasteiger partial charge in [0.1, 0.15) is 6.61 Å². The van der Waals surface area contributed by atoms with Crippen molar-refractivity contribution in [2.24, 2.45) is 11.8 Å². The molecule has 2 unspecified atom stereocenters. The second-order valence-electron chi connectivity index (χ2n) is 6.42. The molecule has 4 fully saturated rings. The number of likely N-dealkylation sites (tertiary alicyclic amines) is 1. The zero-order valence-corrected chi connectivity index (χ0v) is 11.1. The van der Waals surface area contributed by atoms with Crippen molar-refractivity contribution in [1.29, 1.82) is 0 Å². The van der Waals surface area contributed by atoms with Crippen LogP contribution in [0.15, 0.2) is 0 Å². The molecule has 5 heteroatoms. The van der Waals surface area contributed by atoms with E-state index in [2.05, 4.69) is 0 Å². The highest BCUT2D eigenvalue weighted by Crippen LogP contribution is 2.36. The van der Waals surface area contributed by atoms with Gasteiger partial charge in [-0.15, -0.1) is 0 Å². The van der Waals surface area contributed by atoms with E-state index in [9.17, 15) is 9.59 Å². The average Bonchev–Trinajstić information content (AvgIpc) is 3.30. The van der Waals surface area contributed by atoms with Gasteiger partial charge in [-0.1, -0.05) is 0 Å². The van der Waals surface area contributed by atoms with Crippen LogP contribution in [0.25, 0.3) is 0 Å². The zero-order chi connectivity index (χ0) is 13.0. The molecule has 0 spiro atoms. The van der Waals surface area contributed by atoms with Gasteiger partial charge in [0.05, 0.1) is 12.1 Å². The van der Waals surface area contributed by atoms with E-state index in [0.717, 1.165) is 19.4 Å². The van der Waals surface area contributed by atoms with Crippen LogP contribution in [0.5, 0.6) is 0 Å². The molecule has 0 aromatic rings. The van der Waals surface area contributed by atoms with Gasteiger partial charge in [0.25, 0.3) is 0 Å². The molecular weight excluding hydrogens is 244 g/mol. The summed E-state index contributed by atoms with van der Waals surface area (Å²) in [5.41, 5.74) is 0. The van der Waals surface area contributed by atoms with E-state index in [1.54, 1.807) is 0 Å². The van der Waals surface area contributed by atoms with E-state index < -0.39 is 0 Å². The highest BCUT2D eigenvalue weighted by Gasteiger charge is 2.47. The fourth-order valence-corrected chi connectivity index (χ4v) is 3.25. The summed E-state index contributed by atoms with van der Waals surface area (Å²) in [6.45, 7) is 2.42. The zero-order valence-electron chi connectivity index (χ0n) is 11.1. The van der Waals surface area contributed by atoms with Gasteiger partial charge in [-0.05, 0) is 31.6 Å². The van der Waals surface area contributed by atoms with Gasteiger partial charge in [0, 0.05) is 25.6 Å². The van der Waals surface area contributed by atoms with Gasteiger partial charge in [-0.3, -0.25) is 9.59 Å². The molecule has 0 radical (unpaired) electrons. The highest BCUT2D eigenvalue weighted by molar-refractivity contribution is 5.82. The van der Waals surface area contributed by atoms with Crippen molar-refractivity contribution in [3.8, 4) is 0 Å². The number of hydrogen-bond acceptors (Lipinski definition) is 3. The first kappa shape index (κ1) is 11.7. The fraction of sp³-hybridized carbons (Fsp3) is 0.857. The number of carbonyl (C=O) groups excluding carboxylic acids is 2. The Morgan fingerprint density at radius 1 is 1.21 bits per heavy atom. The molecule has 104 valence electrons. The molecule has 0 N–H and O–H groups in total. The minimum atomic E-state index is 0.0409.